The number of ether oxygens (including phenoxy) is 1. The highest BCUT2D eigenvalue weighted by molar-refractivity contribution is 6.08. The van der Waals surface area contributed by atoms with Gasteiger partial charge in [-0.3, -0.25) is 4.79 Å². The number of rotatable bonds is 4. The van der Waals surface area contributed by atoms with E-state index in [1.54, 1.807) is 13.2 Å². The summed E-state index contributed by atoms with van der Waals surface area (Å²) in [4.78, 5) is 12.4. The quantitative estimate of drug-likeness (QED) is 0.608. The third kappa shape index (κ3) is 3.60. The minimum absolute atomic E-state index is 0.0424. The Morgan fingerprint density at radius 3 is 2.10 bits per heavy atom. The molecule has 0 amide bonds. The Kier molecular flexibility index (Phi) is 4.59. The molecule has 2 heteroatoms. The zero-order chi connectivity index (χ0) is 15.4. The van der Waals surface area contributed by atoms with Gasteiger partial charge in [0.15, 0.2) is 5.78 Å². The van der Waals surface area contributed by atoms with Crippen molar-refractivity contribution in [3.63, 3.8) is 0 Å². The third-order valence-corrected chi connectivity index (χ3v) is 3.47. The molecule has 21 heavy (non-hydrogen) atoms. The van der Waals surface area contributed by atoms with Crippen molar-refractivity contribution in [3.8, 4) is 5.75 Å². The van der Waals surface area contributed by atoms with E-state index < -0.39 is 0 Å². The second-order valence-corrected chi connectivity index (χ2v) is 5.24. The maximum atomic E-state index is 12.4. The van der Waals surface area contributed by atoms with Crippen LogP contribution in [0.25, 0.3) is 6.08 Å². The highest BCUT2D eigenvalue weighted by atomic mass is 16.5. The predicted octanol–water partition coefficient (Wildman–Crippen LogP) is 4.52. The van der Waals surface area contributed by atoms with Crippen molar-refractivity contribution < 1.29 is 9.53 Å². The summed E-state index contributed by atoms with van der Waals surface area (Å²) in [6.07, 6.45) is 3.47. The number of aryl methyl sites for hydroxylation is 3. The van der Waals surface area contributed by atoms with Crippen LogP contribution in [0.2, 0.25) is 0 Å². The molecule has 0 saturated carbocycles. The first-order valence-electron chi connectivity index (χ1n) is 6.95. The van der Waals surface area contributed by atoms with Crippen LogP contribution in [0, 0.1) is 20.8 Å². The molecule has 2 nitrogen and oxygen atoms in total. The average molecular weight is 280 g/mol. The largest absolute Gasteiger partial charge is 0.497 e. The molecule has 108 valence electrons. The first-order valence-corrected chi connectivity index (χ1v) is 6.95. The van der Waals surface area contributed by atoms with E-state index >= 15 is 0 Å². The van der Waals surface area contributed by atoms with Crippen molar-refractivity contribution in [2.24, 2.45) is 0 Å². The van der Waals surface area contributed by atoms with Gasteiger partial charge in [0.05, 0.1) is 7.11 Å². The molecule has 2 aromatic carbocycles. The second kappa shape index (κ2) is 6.40. The lowest BCUT2D eigenvalue weighted by molar-refractivity contribution is 0.104. The molecular weight excluding hydrogens is 260 g/mol. The van der Waals surface area contributed by atoms with Crippen LogP contribution in [0.15, 0.2) is 42.5 Å². The molecule has 0 radical (unpaired) electrons. The van der Waals surface area contributed by atoms with Crippen molar-refractivity contribution in [1.29, 1.82) is 0 Å². The minimum Gasteiger partial charge on any atom is -0.497 e. The molecule has 0 atom stereocenters. The van der Waals surface area contributed by atoms with Gasteiger partial charge in [-0.2, -0.15) is 0 Å². The molecule has 0 fully saturated rings. The molecule has 2 rings (SSSR count). The lowest BCUT2D eigenvalue weighted by Gasteiger charge is -2.08. The molecular formula is C19H20O2. The zero-order valence-corrected chi connectivity index (χ0v) is 12.9. The maximum absolute atomic E-state index is 12.4. The van der Waals surface area contributed by atoms with E-state index in [1.807, 2.05) is 63.2 Å². The molecule has 0 aliphatic heterocycles. The fraction of sp³-hybridized carbons (Fsp3) is 0.211. The van der Waals surface area contributed by atoms with Gasteiger partial charge < -0.3 is 4.74 Å². The molecule has 0 unspecified atom stereocenters. The number of allylic oxidation sites excluding steroid dienone is 1. The normalized spacial score (nSPS) is 10.9. The van der Waals surface area contributed by atoms with Crippen LogP contribution in [0.4, 0.5) is 0 Å². The smallest absolute Gasteiger partial charge is 0.186 e. The van der Waals surface area contributed by atoms with Crippen LogP contribution in [0.1, 0.15) is 32.6 Å². The highest BCUT2D eigenvalue weighted by Gasteiger charge is 2.09. The summed E-state index contributed by atoms with van der Waals surface area (Å²) >= 11 is 0. The van der Waals surface area contributed by atoms with Gasteiger partial charge in [-0.05, 0) is 55.7 Å². The van der Waals surface area contributed by atoms with Crippen LogP contribution in [0.3, 0.4) is 0 Å². The molecule has 0 aromatic heterocycles. The Morgan fingerprint density at radius 2 is 1.57 bits per heavy atom. The summed E-state index contributed by atoms with van der Waals surface area (Å²) in [6, 6.07) is 11.7. The molecule has 0 spiro atoms. The van der Waals surface area contributed by atoms with E-state index in [9.17, 15) is 4.79 Å². The number of benzene rings is 2. The number of carbonyl (C=O) groups is 1. The molecule has 0 aliphatic carbocycles. The van der Waals surface area contributed by atoms with Gasteiger partial charge in [-0.1, -0.05) is 35.9 Å². The number of methoxy groups -OCH3 is 1. The Labute approximate surface area is 126 Å². The summed E-state index contributed by atoms with van der Waals surface area (Å²) in [7, 11) is 1.64. The first kappa shape index (κ1) is 15.0. The molecule has 0 N–H and O–H groups in total. The summed E-state index contributed by atoms with van der Waals surface area (Å²) in [5.41, 5.74) is 5.01. The van der Waals surface area contributed by atoms with E-state index in [4.69, 9.17) is 4.74 Å². The van der Waals surface area contributed by atoms with Crippen molar-refractivity contribution in [2.45, 2.75) is 20.8 Å². The zero-order valence-electron chi connectivity index (χ0n) is 12.9. The monoisotopic (exact) mass is 280 g/mol. The number of hydrogen-bond acceptors (Lipinski definition) is 2. The van der Waals surface area contributed by atoms with E-state index in [1.165, 1.54) is 5.56 Å². The summed E-state index contributed by atoms with van der Waals surface area (Å²) in [6.45, 7) is 6.00. The highest BCUT2D eigenvalue weighted by Crippen LogP contribution is 2.18. The summed E-state index contributed by atoms with van der Waals surface area (Å²) in [5.74, 6) is 0.851. The van der Waals surface area contributed by atoms with Crippen molar-refractivity contribution >= 4 is 11.9 Å². The Balaban J connectivity index is 2.23. The van der Waals surface area contributed by atoms with Gasteiger partial charge in [0, 0.05) is 5.56 Å². The number of hydrogen-bond donors (Lipinski definition) is 0. The molecule has 0 bridgehead atoms. The third-order valence-electron chi connectivity index (χ3n) is 3.47. The van der Waals surface area contributed by atoms with Gasteiger partial charge in [-0.25, -0.2) is 0 Å². The topological polar surface area (TPSA) is 26.3 Å². The van der Waals surface area contributed by atoms with E-state index in [2.05, 4.69) is 0 Å². The van der Waals surface area contributed by atoms with Crippen LogP contribution >= 0.6 is 0 Å². The van der Waals surface area contributed by atoms with Gasteiger partial charge in [-0.15, -0.1) is 0 Å². The van der Waals surface area contributed by atoms with Crippen LogP contribution in [0.5, 0.6) is 5.75 Å². The lowest BCUT2D eigenvalue weighted by atomic mass is 9.96. The Bertz CT molecular complexity index is 656. The Hall–Kier alpha value is -2.35. The van der Waals surface area contributed by atoms with E-state index in [0.29, 0.717) is 0 Å². The fourth-order valence-electron chi connectivity index (χ4n) is 2.54. The molecule has 0 heterocycles. The standard InChI is InChI=1S/C19H20O2/c1-13-11-14(2)19(15(3)12-13)18(20)10-7-16-5-8-17(21-4)9-6-16/h5-12H,1-4H3/b10-7+. The van der Waals surface area contributed by atoms with Crippen LogP contribution in [-0.4, -0.2) is 12.9 Å². The number of ketones is 1. The van der Waals surface area contributed by atoms with Crippen molar-refractivity contribution in [2.75, 3.05) is 7.11 Å². The SMILES string of the molecule is COc1ccc(/C=C/C(=O)c2c(C)cc(C)cc2C)cc1. The minimum atomic E-state index is 0.0424. The van der Waals surface area contributed by atoms with Crippen molar-refractivity contribution in [1.82, 2.24) is 0 Å². The van der Waals surface area contributed by atoms with E-state index in [-0.39, 0.29) is 5.78 Å². The van der Waals surface area contributed by atoms with Crippen molar-refractivity contribution in [3.05, 3.63) is 70.3 Å². The second-order valence-electron chi connectivity index (χ2n) is 5.24. The van der Waals surface area contributed by atoms with E-state index in [0.717, 1.165) is 28.0 Å². The van der Waals surface area contributed by atoms with Gasteiger partial charge >= 0.3 is 0 Å². The molecule has 2 aromatic rings. The Morgan fingerprint density at radius 1 is 1.00 bits per heavy atom. The summed E-state index contributed by atoms with van der Waals surface area (Å²) in [5, 5.41) is 0. The van der Waals surface area contributed by atoms with Gasteiger partial charge in [0.2, 0.25) is 0 Å². The van der Waals surface area contributed by atoms with Gasteiger partial charge in [0.25, 0.3) is 0 Å². The molecule has 0 saturated heterocycles. The van der Waals surface area contributed by atoms with Gasteiger partial charge in [0.1, 0.15) is 5.75 Å². The predicted molar refractivity (Wildman–Crippen MR) is 87.0 cm³/mol. The average Bonchev–Trinajstić information content (AvgIpc) is 2.44. The number of carbonyl (C=O) groups excluding carboxylic acids is 1. The molecule has 0 aliphatic rings. The van der Waals surface area contributed by atoms with Crippen LogP contribution < -0.4 is 4.74 Å². The first-order chi connectivity index (χ1) is 10.0. The fourth-order valence-corrected chi connectivity index (χ4v) is 2.54. The lowest BCUT2D eigenvalue weighted by Crippen LogP contribution is -2.02. The summed E-state index contributed by atoms with van der Waals surface area (Å²) < 4.78 is 5.12. The maximum Gasteiger partial charge on any atom is 0.186 e. The van der Waals surface area contributed by atoms with Crippen LogP contribution in [-0.2, 0) is 0 Å².